The maximum atomic E-state index is 11.9. The summed E-state index contributed by atoms with van der Waals surface area (Å²) in [6.45, 7) is 2.17. The Labute approximate surface area is 131 Å². The molecule has 1 amide bonds. The fraction of sp³-hybridized carbons (Fsp3) is 0.400. The molecular weight excluding hydrogens is 338 g/mol. The van der Waals surface area contributed by atoms with E-state index in [-0.39, 0.29) is 6.54 Å². The molecule has 1 aromatic carbocycles. The molecule has 0 aliphatic carbocycles. The number of ketones is 1. The Hall–Kier alpha value is -1.69. The number of fused-ring (bicyclic) bond motifs is 1. The van der Waals surface area contributed by atoms with Crippen LogP contribution in [0.5, 0.6) is 0 Å². The maximum Gasteiger partial charge on any atom is 0.326 e. The lowest BCUT2D eigenvalue weighted by atomic mass is 10.1. The predicted molar refractivity (Wildman–Crippen MR) is 81.3 cm³/mol. The largest absolute Gasteiger partial charge is 0.464 e. The molecule has 2 rings (SSSR count). The summed E-state index contributed by atoms with van der Waals surface area (Å²) in [4.78, 5) is 36.7. The number of benzene rings is 1. The smallest absolute Gasteiger partial charge is 0.326 e. The highest BCUT2D eigenvalue weighted by atomic mass is 79.9. The van der Waals surface area contributed by atoms with Crippen LogP contribution < -0.4 is 4.90 Å². The second-order valence-electron chi connectivity index (χ2n) is 4.81. The van der Waals surface area contributed by atoms with Crippen LogP contribution in [-0.4, -0.2) is 30.8 Å². The van der Waals surface area contributed by atoms with E-state index in [0.29, 0.717) is 22.3 Å². The predicted octanol–water partition coefficient (Wildman–Crippen LogP) is 2.71. The lowest BCUT2D eigenvalue weighted by Crippen LogP contribution is -2.35. The van der Waals surface area contributed by atoms with E-state index < -0.39 is 17.7 Å². The molecule has 0 N–H and O–H groups in total. The first-order valence-electron chi connectivity index (χ1n) is 6.86. The van der Waals surface area contributed by atoms with Crippen molar-refractivity contribution in [3.05, 3.63) is 28.2 Å². The van der Waals surface area contributed by atoms with E-state index in [1.165, 1.54) is 4.90 Å². The van der Waals surface area contributed by atoms with Crippen molar-refractivity contribution in [1.29, 1.82) is 0 Å². The van der Waals surface area contributed by atoms with Crippen LogP contribution >= 0.6 is 15.9 Å². The van der Waals surface area contributed by atoms with Crippen LogP contribution in [0.4, 0.5) is 5.69 Å². The summed E-state index contributed by atoms with van der Waals surface area (Å²) in [6, 6.07) is 4.96. The van der Waals surface area contributed by atoms with Crippen LogP contribution in [-0.2, 0) is 14.3 Å². The zero-order valence-corrected chi connectivity index (χ0v) is 13.3. The van der Waals surface area contributed by atoms with Gasteiger partial charge in [-0.15, -0.1) is 0 Å². The van der Waals surface area contributed by atoms with E-state index >= 15 is 0 Å². The van der Waals surface area contributed by atoms with Crippen molar-refractivity contribution in [2.24, 2.45) is 0 Å². The first-order chi connectivity index (χ1) is 10.0. The van der Waals surface area contributed by atoms with E-state index in [1.807, 2.05) is 0 Å². The van der Waals surface area contributed by atoms with Crippen LogP contribution in [0, 0.1) is 0 Å². The summed E-state index contributed by atoms with van der Waals surface area (Å²) < 4.78 is 5.79. The highest BCUT2D eigenvalue weighted by molar-refractivity contribution is 9.10. The molecule has 0 aromatic heterocycles. The highest BCUT2D eigenvalue weighted by Gasteiger charge is 2.37. The molecule has 112 valence electrons. The number of esters is 1. The minimum absolute atomic E-state index is 0.231. The van der Waals surface area contributed by atoms with Gasteiger partial charge in [0.05, 0.1) is 17.9 Å². The van der Waals surface area contributed by atoms with Crippen molar-refractivity contribution < 1.29 is 19.1 Å². The van der Waals surface area contributed by atoms with Crippen molar-refractivity contribution >= 4 is 39.3 Å². The third kappa shape index (κ3) is 3.50. The fourth-order valence-corrected chi connectivity index (χ4v) is 2.50. The summed E-state index contributed by atoms with van der Waals surface area (Å²) in [7, 11) is 0. The Morgan fingerprint density at radius 3 is 2.76 bits per heavy atom. The van der Waals surface area contributed by atoms with E-state index in [0.717, 1.165) is 19.3 Å². The average molecular weight is 354 g/mol. The van der Waals surface area contributed by atoms with Gasteiger partial charge in [-0.1, -0.05) is 35.7 Å². The van der Waals surface area contributed by atoms with Gasteiger partial charge in [0.1, 0.15) is 6.54 Å². The van der Waals surface area contributed by atoms with Crippen molar-refractivity contribution in [2.75, 3.05) is 18.1 Å². The number of anilines is 1. The van der Waals surface area contributed by atoms with E-state index in [1.54, 1.807) is 18.2 Å². The van der Waals surface area contributed by atoms with Gasteiger partial charge in [0, 0.05) is 4.47 Å². The molecule has 0 saturated heterocycles. The van der Waals surface area contributed by atoms with E-state index in [9.17, 15) is 14.4 Å². The number of carbonyl (C=O) groups is 3. The van der Waals surface area contributed by atoms with Gasteiger partial charge in [-0.05, 0) is 24.6 Å². The second-order valence-corrected chi connectivity index (χ2v) is 5.73. The van der Waals surface area contributed by atoms with Gasteiger partial charge in [0.2, 0.25) is 0 Å². The second kappa shape index (κ2) is 6.85. The molecule has 1 aromatic rings. The van der Waals surface area contributed by atoms with E-state index in [2.05, 4.69) is 22.9 Å². The molecule has 1 aliphatic heterocycles. The zero-order chi connectivity index (χ0) is 15.4. The Kier molecular flexibility index (Phi) is 5.12. The summed E-state index contributed by atoms with van der Waals surface area (Å²) in [5, 5.41) is 0. The van der Waals surface area contributed by atoms with Gasteiger partial charge in [0.15, 0.2) is 0 Å². The number of Topliss-reactive ketones (excluding diaryl/α,β-unsaturated/α-hetero) is 1. The standard InChI is InChI=1S/C15H16BrNO4/c1-2-3-4-7-21-13(18)9-17-12-6-5-10(16)8-11(12)14(19)15(17)20/h5-6,8H,2-4,7,9H2,1H3. The Bertz CT molecular complexity index is 585. The molecular formula is C15H16BrNO4. The first-order valence-corrected chi connectivity index (χ1v) is 7.65. The van der Waals surface area contributed by atoms with Crippen molar-refractivity contribution in [1.82, 2.24) is 0 Å². The minimum Gasteiger partial charge on any atom is -0.464 e. The summed E-state index contributed by atoms with van der Waals surface area (Å²) in [5.41, 5.74) is 0.770. The summed E-state index contributed by atoms with van der Waals surface area (Å²) in [6.07, 6.45) is 2.84. The Balaban J connectivity index is 2.03. The Morgan fingerprint density at radius 2 is 2.05 bits per heavy atom. The number of hydrogen-bond acceptors (Lipinski definition) is 4. The number of halogens is 1. The number of amides is 1. The third-order valence-corrected chi connectivity index (χ3v) is 3.72. The van der Waals surface area contributed by atoms with Crippen LogP contribution in [0.15, 0.2) is 22.7 Å². The van der Waals surface area contributed by atoms with Crippen molar-refractivity contribution in [2.45, 2.75) is 26.2 Å². The lowest BCUT2D eigenvalue weighted by Gasteiger charge is -2.15. The number of ether oxygens (including phenoxy) is 1. The molecule has 0 radical (unpaired) electrons. The molecule has 0 saturated carbocycles. The molecule has 1 heterocycles. The van der Waals surface area contributed by atoms with Crippen LogP contribution in [0.3, 0.4) is 0 Å². The van der Waals surface area contributed by atoms with Crippen LogP contribution in [0.2, 0.25) is 0 Å². The molecule has 1 aliphatic rings. The zero-order valence-electron chi connectivity index (χ0n) is 11.7. The fourth-order valence-electron chi connectivity index (χ4n) is 2.14. The lowest BCUT2D eigenvalue weighted by molar-refractivity contribution is -0.142. The first kappa shape index (κ1) is 15.7. The Morgan fingerprint density at radius 1 is 1.29 bits per heavy atom. The van der Waals surface area contributed by atoms with Crippen LogP contribution in [0.1, 0.15) is 36.5 Å². The molecule has 0 bridgehead atoms. The quantitative estimate of drug-likeness (QED) is 0.448. The SMILES string of the molecule is CCCCCOC(=O)CN1C(=O)C(=O)c2cc(Br)ccc21. The number of hydrogen-bond donors (Lipinski definition) is 0. The average Bonchev–Trinajstić information content (AvgIpc) is 2.69. The highest BCUT2D eigenvalue weighted by Crippen LogP contribution is 2.31. The monoisotopic (exact) mass is 353 g/mol. The molecule has 0 fully saturated rings. The minimum atomic E-state index is -0.686. The molecule has 0 unspecified atom stereocenters. The van der Waals surface area contributed by atoms with Crippen LogP contribution in [0.25, 0.3) is 0 Å². The summed E-state index contributed by atoms with van der Waals surface area (Å²) >= 11 is 3.26. The molecule has 0 atom stereocenters. The van der Waals surface area contributed by atoms with Gasteiger partial charge in [0.25, 0.3) is 11.7 Å². The topological polar surface area (TPSA) is 63.7 Å². The normalized spacial score (nSPS) is 13.5. The molecule has 21 heavy (non-hydrogen) atoms. The molecule has 0 spiro atoms. The third-order valence-electron chi connectivity index (χ3n) is 3.23. The van der Waals surface area contributed by atoms with Crippen molar-refractivity contribution in [3.8, 4) is 0 Å². The number of carbonyl (C=O) groups excluding carboxylic acids is 3. The van der Waals surface area contributed by atoms with Gasteiger partial charge >= 0.3 is 5.97 Å². The maximum absolute atomic E-state index is 11.9. The van der Waals surface area contributed by atoms with Gasteiger partial charge in [-0.3, -0.25) is 19.3 Å². The molecule has 5 nitrogen and oxygen atoms in total. The van der Waals surface area contributed by atoms with Gasteiger partial charge < -0.3 is 4.74 Å². The van der Waals surface area contributed by atoms with E-state index in [4.69, 9.17) is 4.74 Å². The summed E-state index contributed by atoms with van der Waals surface area (Å²) in [5.74, 6) is -1.78. The number of rotatable bonds is 6. The number of unbranched alkanes of at least 4 members (excludes halogenated alkanes) is 2. The van der Waals surface area contributed by atoms with Gasteiger partial charge in [-0.2, -0.15) is 0 Å². The van der Waals surface area contributed by atoms with Crippen molar-refractivity contribution in [3.63, 3.8) is 0 Å². The molecule has 6 heteroatoms. The number of nitrogens with zero attached hydrogens (tertiary/aromatic N) is 1. The van der Waals surface area contributed by atoms with Gasteiger partial charge in [-0.25, -0.2) is 0 Å².